The molecule has 0 unspecified atom stereocenters. The number of morpholine rings is 1. The van der Waals surface area contributed by atoms with Crippen molar-refractivity contribution >= 4 is 11.9 Å². The quantitative estimate of drug-likeness (QED) is 0.846. The van der Waals surface area contributed by atoms with Gasteiger partial charge in [-0.15, -0.1) is 0 Å². The summed E-state index contributed by atoms with van der Waals surface area (Å²) in [7, 11) is 0. The zero-order chi connectivity index (χ0) is 20.1. The Kier molecular flexibility index (Phi) is 6.46. The number of anilines is 1. The van der Waals surface area contributed by atoms with Crippen molar-refractivity contribution in [2.45, 2.75) is 33.2 Å². The molecule has 1 aliphatic rings. The molecule has 1 N–H and O–H groups in total. The van der Waals surface area contributed by atoms with Crippen molar-refractivity contribution in [1.29, 1.82) is 0 Å². The number of nitrogens with one attached hydrogen (secondary N) is 1. The fourth-order valence-electron chi connectivity index (χ4n) is 3.10. The molecule has 1 aromatic carbocycles. The monoisotopic (exact) mass is 387 g/mol. The van der Waals surface area contributed by atoms with Crippen molar-refractivity contribution in [1.82, 2.24) is 10.3 Å². The summed E-state index contributed by atoms with van der Waals surface area (Å²) in [5.74, 6) is 1.10. The number of halogens is 1. The van der Waals surface area contributed by atoms with Gasteiger partial charge >= 0.3 is 6.09 Å². The minimum Gasteiger partial charge on any atom is -0.408 e. The Balaban J connectivity index is 1.73. The van der Waals surface area contributed by atoms with Crippen molar-refractivity contribution in [3.8, 4) is 5.75 Å². The molecule has 1 aliphatic heterocycles. The van der Waals surface area contributed by atoms with Crippen LogP contribution in [0, 0.1) is 12.7 Å². The number of pyridine rings is 1. The van der Waals surface area contributed by atoms with Crippen LogP contribution < -0.4 is 15.0 Å². The number of ether oxygens (including phenoxy) is 2. The van der Waals surface area contributed by atoms with E-state index in [0.717, 1.165) is 30.2 Å². The predicted octanol–water partition coefficient (Wildman–Crippen LogP) is 3.78. The highest BCUT2D eigenvalue weighted by Crippen LogP contribution is 2.32. The molecule has 0 saturated carbocycles. The van der Waals surface area contributed by atoms with Crippen molar-refractivity contribution in [3.63, 3.8) is 0 Å². The number of hydrogen-bond donors (Lipinski definition) is 1. The normalized spacial score (nSPS) is 14.2. The molecule has 1 saturated heterocycles. The zero-order valence-corrected chi connectivity index (χ0v) is 16.5. The standard InChI is InChI=1S/C21H26FN3O3/c1-14(2)19-20(15(3)11-18(24-19)25-7-9-27-10-8-25)28-21(26)23-13-16-5-4-6-17(22)12-16/h4-6,11-12,14H,7-10,13H2,1-3H3,(H,23,26). The first kappa shape index (κ1) is 20.1. The molecular weight excluding hydrogens is 361 g/mol. The lowest BCUT2D eigenvalue weighted by atomic mass is 10.1. The van der Waals surface area contributed by atoms with E-state index < -0.39 is 6.09 Å². The molecule has 28 heavy (non-hydrogen) atoms. The molecule has 6 nitrogen and oxygen atoms in total. The summed E-state index contributed by atoms with van der Waals surface area (Å²) in [6.45, 7) is 9.07. The van der Waals surface area contributed by atoms with Gasteiger partial charge in [0.1, 0.15) is 11.6 Å². The first-order valence-electron chi connectivity index (χ1n) is 9.48. The van der Waals surface area contributed by atoms with Gasteiger partial charge < -0.3 is 19.7 Å². The first-order chi connectivity index (χ1) is 13.4. The van der Waals surface area contributed by atoms with Crippen LogP contribution in [0.15, 0.2) is 30.3 Å². The van der Waals surface area contributed by atoms with Crippen LogP contribution in [0.2, 0.25) is 0 Å². The number of rotatable bonds is 5. The Morgan fingerprint density at radius 2 is 2.07 bits per heavy atom. The van der Waals surface area contributed by atoms with E-state index in [1.807, 2.05) is 26.8 Å². The Morgan fingerprint density at radius 3 is 2.75 bits per heavy atom. The van der Waals surface area contributed by atoms with Crippen molar-refractivity contribution in [2.75, 3.05) is 31.2 Å². The third-order valence-electron chi connectivity index (χ3n) is 4.57. The maximum absolute atomic E-state index is 13.3. The van der Waals surface area contributed by atoms with E-state index in [1.165, 1.54) is 12.1 Å². The smallest absolute Gasteiger partial charge is 0.408 e. The van der Waals surface area contributed by atoms with E-state index in [9.17, 15) is 9.18 Å². The number of carbonyl (C=O) groups is 1. The zero-order valence-electron chi connectivity index (χ0n) is 16.5. The molecular formula is C21H26FN3O3. The third-order valence-corrected chi connectivity index (χ3v) is 4.57. The Hall–Kier alpha value is -2.67. The highest BCUT2D eigenvalue weighted by atomic mass is 19.1. The van der Waals surface area contributed by atoms with Crippen LogP contribution >= 0.6 is 0 Å². The minimum absolute atomic E-state index is 0.0886. The maximum Gasteiger partial charge on any atom is 0.412 e. The van der Waals surface area contributed by atoms with Crippen LogP contribution in [0.5, 0.6) is 5.75 Å². The van der Waals surface area contributed by atoms with Gasteiger partial charge in [-0.1, -0.05) is 26.0 Å². The van der Waals surface area contributed by atoms with Gasteiger partial charge in [-0.05, 0) is 42.2 Å². The third kappa shape index (κ3) is 4.98. The van der Waals surface area contributed by atoms with Gasteiger partial charge in [0.15, 0.2) is 5.75 Å². The number of carbonyl (C=O) groups excluding carboxylic acids is 1. The number of benzene rings is 1. The van der Waals surface area contributed by atoms with E-state index in [0.29, 0.717) is 24.5 Å². The van der Waals surface area contributed by atoms with Gasteiger partial charge in [0.25, 0.3) is 0 Å². The lowest BCUT2D eigenvalue weighted by Gasteiger charge is -2.29. The first-order valence-corrected chi connectivity index (χ1v) is 9.48. The number of nitrogens with zero attached hydrogens (tertiary/aromatic N) is 2. The van der Waals surface area contributed by atoms with E-state index in [-0.39, 0.29) is 18.3 Å². The number of hydrogen-bond acceptors (Lipinski definition) is 5. The summed E-state index contributed by atoms with van der Waals surface area (Å²) in [6.07, 6.45) is -0.588. The van der Waals surface area contributed by atoms with E-state index in [1.54, 1.807) is 12.1 Å². The molecule has 150 valence electrons. The SMILES string of the molecule is Cc1cc(N2CCOCC2)nc(C(C)C)c1OC(=O)NCc1cccc(F)c1. The molecule has 0 spiro atoms. The van der Waals surface area contributed by atoms with Gasteiger partial charge in [-0.2, -0.15) is 0 Å². The summed E-state index contributed by atoms with van der Waals surface area (Å²) in [5.41, 5.74) is 2.25. The summed E-state index contributed by atoms with van der Waals surface area (Å²) >= 11 is 0. The molecule has 1 aromatic heterocycles. The molecule has 2 heterocycles. The summed E-state index contributed by atoms with van der Waals surface area (Å²) in [6, 6.07) is 8.03. The molecule has 1 fully saturated rings. The average molecular weight is 387 g/mol. The van der Waals surface area contributed by atoms with Gasteiger partial charge in [0.2, 0.25) is 0 Å². The molecule has 0 bridgehead atoms. The number of amides is 1. The lowest BCUT2D eigenvalue weighted by molar-refractivity contribution is 0.122. The topological polar surface area (TPSA) is 63.7 Å². The largest absolute Gasteiger partial charge is 0.412 e. The number of aryl methyl sites for hydroxylation is 1. The van der Waals surface area contributed by atoms with Crippen LogP contribution in [0.1, 0.15) is 36.6 Å². The van der Waals surface area contributed by atoms with Crippen molar-refractivity contribution in [2.24, 2.45) is 0 Å². The average Bonchev–Trinajstić information content (AvgIpc) is 2.68. The molecule has 3 rings (SSSR count). The lowest BCUT2D eigenvalue weighted by Crippen LogP contribution is -2.37. The van der Waals surface area contributed by atoms with Crippen molar-refractivity contribution < 1.29 is 18.7 Å². The highest BCUT2D eigenvalue weighted by molar-refractivity contribution is 5.71. The summed E-state index contributed by atoms with van der Waals surface area (Å²) < 4.78 is 24.2. The molecule has 0 aliphatic carbocycles. The molecule has 7 heteroatoms. The molecule has 0 radical (unpaired) electrons. The van der Waals surface area contributed by atoms with Crippen LogP contribution in [0.4, 0.5) is 15.0 Å². The molecule has 1 amide bonds. The Labute approximate surface area is 164 Å². The summed E-state index contributed by atoms with van der Waals surface area (Å²) in [4.78, 5) is 19.2. The van der Waals surface area contributed by atoms with E-state index in [2.05, 4.69) is 10.2 Å². The van der Waals surface area contributed by atoms with Gasteiger partial charge in [-0.3, -0.25) is 0 Å². The van der Waals surface area contributed by atoms with Gasteiger partial charge in [0, 0.05) is 19.6 Å². The number of aromatic nitrogens is 1. The second-order valence-electron chi connectivity index (χ2n) is 7.14. The Bertz CT molecular complexity index is 836. The van der Waals surface area contributed by atoms with Crippen molar-refractivity contribution in [3.05, 3.63) is 53.0 Å². The molecule has 0 atom stereocenters. The molecule has 2 aromatic rings. The minimum atomic E-state index is -0.588. The van der Waals surface area contributed by atoms with E-state index in [4.69, 9.17) is 14.5 Å². The van der Waals surface area contributed by atoms with Gasteiger partial charge in [0.05, 0.1) is 18.9 Å². The van der Waals surface area contributed by atoms with E-state index >= 15 is 0 Å². The van der Waals surface area contributed by atoms with Crippen LogP contribution in [-0.4, -0.2) is 37.4 Å². The second kappa shape index (κ2) is 9.01. The Morgan fingerprint density at radius 1 is 1.32 bits per heavy atom. The predicted molar refractivity (Wildman–Crippen MR) is 105 cm³/mol. The summed E-state index contributed by atoms with van der Waals surface area (Å²) in [5, 5.41) is 2.66. The second-order valence-corrected chi connectivity index (χ2v) is 7.14. The van der Waals surface area contributed by atoms with Crippen LogP contribution in [-0.2, 0) is 11.3 Å². The highest BCUT2D eigenvalue weighted by Gasteiger charge is 2.21. The fraction of sp³-hybridized carbons (Fsp3) is 0.429. The van der Waals surface area contributed by atoms with Gasteiger partial charge in [-0.25, -0.2) is 14.2 Å². The fourth-order valence-corrected chi connectivity index (χ4v) is 3.10. The maximum atomic E-state index is 13.3. The van der Waals surface area contributed by atoms with Crippen LogP contribution in [0.25, 0.3) is 0 Å². The van der Waals surface area contributed by atoms with Crippen LogP contribution in [0.3, 0.4) is 0 Å².